The Labute approximate surface area is 193 Å². The van der Waals surface area contributed by atoms with E-state index in [-0.39, 0.29) is 49.9 Å². The minimum absolute atomic E-state index is 0.00817. The molecule has 1 aliphatic rings. The summed E-state index contributed by atoms with van der Waals surface area (Å²) in [5, 5.41) is 49.5. The molecule has 8 N–H and O–H groups in total. The molecule has 0 aliphatic carbocycles. The summed E-state index contributed by atoms with van der Waals surface area (Å²) in [6.45, 7) is 1.85. The van der Waals surface area contributed by atoms with E-state index in [1.807, 2.05) is 0 Å². The first-order chi connectivity index (χ1) is 15.7. The Hall–Kier alpha value is -2.28. The third-order valence-electron chi connectivity index (χ3n) is 5.67. The van der Waals surface area contributed by atoms with Gasteiger partial charge in [0, 0.05) is 76.0 Å². The molecule has 0 unspecified atom stereocenters. The molecule has 0 bridgehead atoms. The molecule has 1 heterocycles. The average molecular weight is 475 g/mol. The van der Waals surface area contributed by atoms with E-state index in [1.165, 1.54) is 0 Å². The number of aliphatic carboxylic acids is 4. The number of rotatable bonds is 13. The maximum Gasteiger partial charge on any atom is 0.303 e. The SMILES string of the molecule is O=C(O)CCC[C@@H]1CN[C@H](CCC(=O)O)CN[C@H](CCC(=O)O)CN[C@H](CCC(=O)O)CN1. The highest BCUT2D eigenvalue weighted by molar-refractivity contribution is 5.67. The Balaban J connectivity index is 2.87. The zero-order valence-corrected chi connectivity index (χ0v) is 18.9. The van der Waals surface area contributed by atoms with Gasteiger partial charge in [0.05, 0.1) is 0 Å². The molecular formula is C21H38N4O8. The summed E-state index contributed by atoms with van der Waals surface area (Å²) < 4.78 is 0. The van der Waals surface area contributed by atoms with E-state index in [2.05, 4.69) is 21.3 Å². The molecule has 0 amide bonds. The van der Waals surface area contributed by atoms with Crippen LogP contribution in [0.2, 0.25) is 0 Å². The van der Waals surface area contributed by atoms with Crippen molar-refractivity contribution >= 4 is 23.9 Å². The van der Waals surface area contributed by atoms with Crippen LogP contribution in [0.3, 0.4) is 0 Å². The first-order valence-electron chi connectivity index (χ1n) is 11.5. The Bertz CT molecular complexity index is 599. The van der Waals surface area contributed by atoms with E-state index in [1.54, 1.807) is 0 Å². The third-order valence-corrected chi connectivity index (χ3v) is 5.67. The lowest BCUT2D eigenvalue weighted by Crippen LogP contribution is -2.54. The molecule has 4 atom stereocenters. The molecule has 190 valence electrons. The largest absolute Gasteiger partial charge is 0.481 e. The molecule has 12 nitrogen and oxygen atoms in total. The van der Waals surface area contributed by atoms with Gasteiger partial charge >= 0.3 is 23.9 Å². The highest BCUT2D eigenvalue weighted by atomic mass is 16.4. The number of hydrogen-bond donors (Lipinski definition) is 8. The van der Waals surface area contributed by atoms with Crippen molar-refractivity contribution < 1.29 is 39.6 Å². The van der Waals surface area contributed by atoms with Crippen LogP contribution in [0.5, 0.6) is 0 Å². The van der Waals surface area contributed by atoms with E-state index in [0.717, 1.165) is 0 Å². The minimum Gasteiger partial charge on any atom is -0.481 e. The van der Waals surface area contributed by atoms with E-state index >= 15 is 0 Å². The van der Waals surface area contributed by atoms with Gasteiger partial charge in [-0.15, -0.1) is 0 Å². The van der Waals surface area contributed by atoms with Crippen molar-refractivity contribution in [1.82, 2.24) is 21.3 Å². The number of carbonyl (C=O) groups is 4. The van der Waals surface area contributed by atoms with Crippen LogP contribution in [-0.2, 0) is 19.2 Å². The fraction of sp³-hybridized carbons (Fsp3) is 0.810. The van der Waals surface area contributed by atoms with Crippen molar-refractivity contribution in [3.8, 4) is 0 Å². The molecule has 0 aromatic rings. The van der Waals surface area contributed by atoms with Crippen molar-refractivity contribution in [2.45, 2.75) is 82.0 Å². The Kier molecular flexibility index (Phi) is 14.2. The summed E-state index contributed by atoms with van der Waals surface area (Å²) in [6, 6.07) is -0.541. The van der Waals surface area contributed by atoms with Crippen LogP contribution in [0.1, 0.15) is 57.8 Å². The van der Waals surface area contributed by atoms with Crippen molar-refractivity contribution in [3.05, 3.63) is 0 Å². The van der Waals surface area contributed by atoms with Gasteiger partial charge in [-0.25, -0.2) is 0 Å². The molecular weight excluding hydrogens is 436 g/mol. The van der Waals surface area contributed by atoms with Crippen LogP contribution < -0.4 is 21.3 Å². The molecule has 0 saturated carbocycles. The summed E-state index contributed by atoms with van der Waals surface area (Å²) in [7, 11) is 0. The number of hydrogen-bond acceptors (Lipinski definition) is 8. The molecule has 1 aliphatic heterocycles. The van der Waals surface area contributed by atoms with Gasteiger partial charge in [0.1, 0.15) is 0 Å². The predicted molar refractivity (Wildman–Crippen MR) is 119 cm³/mol. The van der Waals surface area contributed by atoms with E-state index < -0.39 is 23.9 Å². The lowest BCUT2D eigenvalue weighted by Gasteiger charge is -2.30. The number of carboxylic acids is 4. The van der Waals surface area contributed by atoms with Gasteiger partial charge in [-0.05, 0) is 32.1 Å². The van der Waals surface area contributed by atoms with Crippen molar-refractivity contribution in [2.24, 2.45) is 0 Å². The highest BCUT2D eigenvalue weighted by Crippen LogP contribution is 2.07. The minimum atomic E-state index is -0.906. The van der Waals surface area contributed by atoms with Crippen LogP contribution in [0, 0.1) is 0 Å². The van der Waals surface area contributed by atoms with Gasteiger partial charge in [-0.2, -0.15) is 0 Å². The summed E-state index contributed by atoms with van der Waals surface area (Å²) >= 11 is 0. The van der Waals surface area contributed by atoms with E-state index in [9.17, 15) is 19.2 Å². The van der Waals surface area contributed by atoms with Crippen LogP contribution in [0.15, 0.2) is 0 Å². The van der Waals surface area contributed by atoms with Gasteiger partial charge in [0.2, 0.25) is 0 Å². The maximum absolute atomic E-state index is 11.0. The Morgan fingerprint density at radius 3 is 1.03 bits per heavy atom. The molecule has 0 aromatic carbocycles. The standard InChI is InChI=1S/C21H38N4O8/c26-18(27)3-1-2-14-10-23-16(5-8-20(30)31)12-25-17(6-9-21(32)33)13-24-15(11-22-14)4-7-19(28)29/h14-17,22-25H,1-13H2,(H,26,27)(H,28,29)(H,30,31)(H,32,33)/t14-,15-,16-,17-/m1/s1. The quantitative estimate of drug-likeness (QED) is 0.173. The molecule has 12 heteroatoms. The molecule has 1 fully saturated rings. The smallest absolute Gasteiger partial charge is 0.303 e. The van der Waals surface area contributed by atoms with Gasteiger partial charge in [-0.3, -0.25) is 19.2 Å². The van der Waals surface area contributed by atoms with Crippen LogP contribution in [0.25, 0.3) is 0 Å². The van der Waals surface area contributed by atoms with Crippen molar-refractivity contribution in [1.29, 1.82) is 0 Å². The summed E-state index contributed by atoms with van der Waals surface area (Å²) in [5.41, 5.74) is 0. The van der Waals surface area contributed by atoms with Crippen molar-refractivity contribution in [3.63, 3.8) is 0 Å². The first-order valence-corrected chi connectivity index (χ1v) is 11.5. The second kappa shape index (κ2) is 16.4. The van der Waals surface area contributed by atoms with Gasteiger partial charge < -0.3 is 41.7 Å². The lowest BCUT2D eigenvalue weighted by molar-refractivity contribution is -0.138. The molecule has 0 aromatic heterocycles. The second-order valence-electron chi connectivity index (χ2n) is 8.50. The monoisotopic (exact) mass is 474 g/mol. The highest BCUT2D eigenvalue weighted by Gasteiger charge is 2.21. The van der Waals surface area contributed by atoms with Gasteiger partial charge in [-0.1, -0.05) is 0 Å². The topological polar surface area (TPSA) is 197 Å². The fourth-order valence-corrected chi connectivity index (χ4v) is 3.73. The predicted octanol–water partition coefficient (Wildman–Crippen LogP) is -0.318. The number of carboxylic acid groups (broad SMARTS) is 4. The molecule has 0 spiro atoms. The van der Waals surface area contributed by atoms with Crippen LogP contribution >= 0.6 is 0 Å². The molecule has 0 radical (unpaired) electrons. The molecule has 1 rings (SSSR count). The van der Waals surface area contributed by atoms with Crippen LogP contribution in [0.4, 0.5) is 0 Å². The Morgan fingerprint density at radius 1 is 0.485 bits per heavy atom. The zero-order chi connectivity index (χ0) is 24.6. The van der Waals surface area contributed by atoms with Gasteiger partial charge in [0.25, 0.3) is 0 Å². The second-order valence-corrected chi connectivity index (χ2v) is 8.50. The van der Waals surface area contributed by atoms with E-state index in [0.29, 0.717) is 58.3 Å². The lowest BCUT2D eigenvalue weighted by atomic mass is 10.0. The third kappa shape index (κ3) is 15.2. The first kappa shape index (κ1) is 28.8. The zero-order valence-electron chi connectivity index (χ0n) is 18.9. The average Bonchev–Trinajstić information content (AvgIpc) is 2.72. The summed E-state index contributed by atoms with van der Waals surface area (Å²) in [5.74, 6) is -3.57. The number of nitrogens with one attached hydrogen (secondary N) is 4. The normalized spacial score (nSPS) is 24.8. The van der Waals surface area contributed by atoms with E-state index in [4.69, 9.17) is 20.4 Å². The maximum atomic E-state index is 11.0. The van der Waals surface area contributed by atoms with Gasteiger partial charge in [0.15, 0.2) is 0 Å². The Morgan fingerprint density at radius 2 is 0.758 bits per heavy atom. The summed E-state index contributed by atoms with van der Waals surface area (Å²) in [6.07, 6.45) is 2.27. The fourth-order valence-electron chi connectivity index (χ4n) is 3.73. The summed E-state index contributed by atoms with van der Waals surface area (Å²) in [4.78, 5) is 44.0. The van der Waals surface area contributed by atoms with Crippen molar-refractivity contribution in [2.75, 3.05) is 26.2 Å². The molecule has 33 heavy (non-hydrogen) atoms. The molecule has 1 saturated heterocycles. The van der Waals surface area contributed by atoms with Crippen LogP contribution in [-0.4, -0.2) is 94.6 Å².